The van der Waals surface area contributed by atoms with Crippen molar-refractivity contribution in [3.8, 4) is 28.5 Å². The maximum absolute atomic E-state index is 13.6. The van der Waals surface area contributed by atoms with E-state index in [1.807, 2.05) is 47.4 Å². The number of piperidine rings is 3. The van der Waals surface area contributed by atoms with Crippen molar-refractivity contribution in [3.63, 3.8) is 0 Å². The van der Waals surface area contributed by atoms with E-state index >= 15 is 0 Å². The molecule has 63 heavy (non-hydrogen) atoms. The lowest BCUT2D eigenvalue weighted by Crippen LogP contribution is -2.56. The van der Waals surface area contributed by atoms with Crippen molar-refractivity contribution >= 4 is 46.5 Å². The molecule has 1 aromatic heterocycles. The van der Waals surface area contributed by atoms with Crippen LogP contribution in [-0.4, -0.2) is 125 Å². The SMILES string of the molecule is Nc1nnc(-c2ccccc2O)cc1N1C[C@H]2CC[C@@H](C1)N2c1cccc(OC2CCN(C(=O)CN3CCC(c4cccc5c4OCC(=O)N5C4CCC(=O)NC4=O)CC3)CC2)c1. The smallest absolute Gasteiger partial charge is 0.265 e. The van der Waals surface area contributed by atoms with Gasteiger partial charge < -0.3 is 35.0 Å². The Labute approximate surface area is 365 Å². The molecule has 4 amide bonds. The van der Waals surface area contributed by atoms with Gasteiger partial charge in [0.1, 0.15) is 29.4 Å². The molecule has 0 radical (unpaired) electrons. The summed E-state index contributed by atoms with van der Waals surface area (Å²) in [4.78, 5) is 61.6. The number of amides is 4. The lowest BCUT2D eigenvalue weighted by molar-refractivity contribution is -0.136. The molecule has 4 aromatic rings. The number of phenolic OH excluding ortho intramolecular Hbond substituents is 1. The first-order valence-corrected chi connectivity index (χ1v) is 22.3. The molecule has 6 aliphatic heterocycles. The monoisotopic (exact) mass is 855 g/mol. The van der Waals surface area contributed by atoms with E-state index in [0.717, 1.165) is 87.4 Å². The maximum atomic E-state index is 13.6. The molecule has 2 bridgehead atoms. The van der Waals surface area contributed by atoms with Crippen LogP contribution in [0, 0.1) is 0 Å². The highest BCUT2D eigenvalue weighted by Crippen LogP contribution is 2.44. The third-order valence-electron chi connectivity index (χ3n) is 13.8. The average Bonchev–Trinajstić information content (AvgIpc) is 3.56. The van der Waals surface area contributed by atoms with Gasteiger partial charge in [0.25, 0.3) is 5.91 Å². The van der Waals surface area contributed by atoms with Crippen molar-refractivity contribution in [2.45, 2.75) is 81.5 Å². The van der Waals surface area contributed by atoms with Crippen LogP contribution in [0.5, 0.6) is 17.2 Å². The molecule has 16 heteroatoms. The summed E-state index contributed by atoms with van der Waals surface area (Å²) in [7, 11) is 0. The van der Waals surface area contributed by atoms with Crippen molar-refractivity contribution in [2.75, 3.05) is 72.9 Å². The third kappa shape index (κ3) is 8.07. The minimum Gasteiger partial charge on any atom is -0.507 e. The van der Waals surface area contributed by atoms with Crippen molar-refractivity contribution in [2.24, 2.45) is 0 Å². The Bertz CT molecular complexity index is 2400. The van der Waals surface area contributed by atoms with E-state index in [1.54, 1.807) is 12.1 Å². The van der Waals surface area contributed by atoms with E-state index in [0.29, 0.717) is 60.2 Å². The number of aromatic nitrogens is 2. The predicted octanol–water partition coefficient (Wildman–Crippen LogP) is 4.07. The van der Waals surface area contributed by atoms with Crippen molar-refractivity contribution in [1.82, 2.24) is 25.3 Å². The third-order valence-corrected chi connectivity index (χ3v) is 13.8. The molecule has 6 aliphatic rings. The van der Waals surface area contributed by atoms with Crippen LogP contribution >= 0.6 is 0 Å². The summed E-state index contributed by atoms with van der Waals surface area (Å²) in [6.07, 6.45) is 5.84. The van der Waals surface area contributed by atoms with E-state index in [-0.39, 0.29) is 54.9 Å². The molecule has 0 spiro atoms. The molecule has 0 aliphatic carbocycles. The minimum absolute atomic E-state index is 0.0225. The van der Waals surface area contributed by atoms with Crippen LogP contribution < -0.4 is 35.2 Å². The lowest BCUT2D eigenvalue weighted by Gasteiger charge is -2.43. The zero-order valence-electron chi connectivity index (χ0n) is 35.2. The molecule has 5 saturated heterocycles. The number of rotatable bonds is 9. The van der Waals surface area contributed by atoms with E-state index in [1.165, 1.54) is 4.90 Å². The second kappa shape index (κ2) is 17.0. The number of anilines is 4. The molecule has 3 aromatic carbocycles. The average molecular weight is 856 g/mol. The molecule has 3 atom stereocenters. The fourth-order valence-corrected chi connectivity index (χ4v) is 10.6. The number of para-hydroxylation sites is 2. The first kappa shape index (κ1) is 40.6. The number of nitrogens with one attached hydrogen (secondary N) is 1. The number of piperazine rings is 1. The summed E-state index contributed by atoms with van der Waals surface area (Å²) in [6, 6.07) is 23.1. The van der Waals surface area contributed by atoms with E-state index in [4.69, 9.17) is 15.2 Å². The fraction of sp³-hybridized carbons (Fsp3) is 0.447. The zero-order chi connectivity index (χ0) is 43.2. The first-order valence-electron chi connectivity index (χ1n) is 22.3. The van der Waals surface area contributed by atoms with Crippen LogP contribution in [0.15, 0.2) is 72.8 Å². The van der Waals surface area contributed by atoms with Gasteiger partial charge in [-0.05, 0) is 93.1 Å². The van der Waals surface area contributed by atoms with Crippen LogP contribution in [-0.2, 0) is 19.2 Å². The van der Waals surface area contributed by atoms with Gasteiger partial charge in [-0.25, -0.2) is 0 Å². The second-order valence-corrected chi connectivity index (χ2v) is 17.7. The molecule has 10 rings (SSSR count). The predicted molar refractivity (Wildman–Crippen MR) is 236 cm³/mol. The summed E-state index contributed by atoms with van der Waals surface area (Å²) >= 11 is 0. The number of nitrogens with zero attached hydrogens (tertiary/aromatic N) is 7. The Hall–Kier alpha value is -6.42. The van der Waals surface area contributed by atoms with Gasteiger partial charge in [-0.2, -0.15) is 0 Å². The maximum Gasteiger partial charge on any atom is 0.265 e. The molecule has 1 unspecified atom stereocenters. The van der Waals surface area contributed by atoms with Crippen LogP contribution in [0.4, 0.5) is 22.9 Å². The quantitative estimate of drug-likeness (QED) is 0.205. The standard InChI is InChI=1S/C47H53N9O7/c48-46-40(24-37(50-51-46)36-7-1-2-10-41(36)57)54-25-31-11-12-32(26-54)55(31)30-5-3-6-34(23-30)63-33-17-21-53(22-18-33)43(59)27-52-19-15-29(16-20-52)35-8-4-9-38-45(35)62-28-44(60)56(38)39-13-14-42(58)49-47(39)61/h1-10,23-24,29,31-33,39,57H,11-22,25-28H2,(H2,48,51)(H,49,58,61)/t31-,32+,39?. The number of phenols is 1. The number of imide groups is 1. The number of fused-ring (bicyclic) bond motifs is 3. The number of aromatic hydroxyl groups is 1. The topological polar surface area (TPSA) is 187 Å². The fourth-order valence-electron chi connectivity index (χ4n) is 10.6. The molecule has 5 fully saturated rings. The summed E-state index contributed by atoms with van der Waals surface area (Å²) in [5.74, 6) is 1.26. The summed E-state index contributed by atoms with van der Waals surface area (Å²) in [5, 5.41) is 21.4. The number of carbonyl (C=O) groups is 4. The highest BCUT2D eigenvalue weighted by Gasteiger charge is 2.42. The zero-order valence-corrected chi connectivity index (χ0v) is 35.2. The van der Waals surface area contributed by atoms with Gasteiger partial charge in [0.05, 0.1) is 23.6 Å². The molecule has 328 valence electrons. The van der Waals surface area contributed by atoms with Crippen LogP contribution in [0.3, 0.4) is 0 Å². The molecular weight excluding hydrogens is 803 g/mol. The van der Waals surface area contributed by atoms with Crippen LogP contribution in [0.2, 0.25) is 0 Å². The largest absolute Gasteiger partial charge is 0.507 e. The number of hydrogen-bond donors (Lipinski definition) is 3. The summed E-state index contributed by atoms with van der Waals surface area (Å²) in [6.45, 7) is 4.64. The first-order chi connectivity index (χ1) is 30.7. The molecule has 0 saturated carbocycles. The van der Waals surface area contributed by atoms with Gasteiger partial charge in [-0.15, -0.1) is 10.2 Å². The number of likely N-dealkylation sites (tertiary alicyclic amines) is 2. The van der Waals surface area contributed by atoms with Gasteiger partial charge in [0.2, 0.25) is 17.7 Å². The van der Waals surface area contributed by atoms with Gasteiger partial charge in [-0.1, -0.05) is 30.3 Å². The Balaban J connectivity index is 0.706. The van der Waals surface area contributed by atoms with E-state index in [9.17, 15) is 24.3 Å². The number of nitrogen functional groups attached to an aromatic ring is 1. The highest BCUT2D eigenvalue weighted by molar-refractivity contribution is 6.08. The Kier molecular flexibility index (Phi) is 11.0. The van der Waals surface area contributed by atoms with Gasteiger partial charge in [0, 0.05) is 74.8 Å². The van der Waals surface area contributed by atoms with E-state index in [2.05, 4.69) is 48.4 Å². The normalized spacial score (nSPS) is 23.4. The Morgan fingerprint density at radius 2 is 1.60 bits per heavy atom. The van der Waals surface area contributed by atoms with Crippen LogP contribution in [0.25, 0.3) is 11.3 Å². The van der Waals surface area contributed by atoms with E-state index < -0.39 is 11.9 Å². The van der Waals surface area contributed by atoms with Crippen molar-refractivity contribution in [1.29, 1.82) is 0 Å². The van der Waals surface area contributed by atoms with Crippen LogP contribution in [0.1, 0.15) is 62.8 Å². The molecule has 4 N–H and O–H groups in total. The second-order valence-electron chi connectivity index (χ2n) is 17.7. The summed E-state index contributed by atoms with van der Waals surface area (Å²) in [5.41, 5.74) is 11.2. The molecular formula is C47H53N9O7. The molecule has 7 heterocycles. The van der Waals surface area contributed by atoms with Gasteiger partial charge in [0.15, 0.2) is 12.4 Å². The lowest BCUT2D eigenvalue weighted by atomic mass is 9.87. The van der Waals surface area contributed by atoms with Gasteiger partial charge >= 0.3 is 0 Å². The number of ether oxygens (including phenoxy) is 2. The highest BCUT2D eigenvalue weighted by atomic mass is 16.5. The number of benzene rings is 3. The number of carbonyl (C=O) groups excluding carboxylic acids is 4. The molecule has 16 nitrogen and oxygen atoms in total. The van der Waals surface area contributed by atoms with Gasteiger partial charge in [-0.3, -0.25) is 34.3 Å². The minimum atomic E-state index is -0.746. The number of hydrogen-bond acceptors (Lipinski definition) is 13. The summed E-state index contributed by atoms with van der Waals surface area (Å²) < 4.78 is 12.6. The number of nitrogens with two attached hydrogens (primary N) is 1. The Morgan fingerprint density at radius 1 is 0.841 bits per heavy atom. The van der Waals surface area contributed by atoms with Crippen molar-refractivity contribution in [3.05, 3.63) is 78.4 Å². The Morgan fingerprint density at radius 3 is 2.37 bits per heavy atom. The van der Waals surface area contributed by atoms with Crippen molar-refractivity contribution < 1.29 is 33.8 Å².